The Morgan fingerprint density at radius 3 is 2.90 bits per heavy atom. The smallest absolute Gasteiger partial charge is 0.327 e. The quantitative estimate of drug-likeness (QED) is 0.465. The number of benzene rings is 1. The lowest BCUT2D eigenvalue weighted by atomic mass is 9.98. The van der Waals surface area contributed by atoms with Gasteiger partial charge in [-0.3, -0.25) is 9.69 Å². The number of hydrogen-bond acceptors (Lipinski definition) is 8. The molecule has 166 valence electrons. The number of halogens is 1. The van der Waals surface area contributed by atoms with Crippen LogP contribution in [0.2, 0.25) is 0 Å². The van der Waals surface area contributed by atoms with Crippen molar-refractivity contribution in [3.8, 4) is 0 Å². The molecule has 3 rings (SSSR count). The zero-order valence-electron chi connectivity index (χ0n) is 17.0. The average molecular weight is 450 g/mol. The van der Waals surface area contributed by atoms with Crippen LogP contribution in [0.4, 0.5) is 4.39 Å². The molecule has 2 atom stereocenters. The Kier molecular flexibility index (Phi) is 7.75. The van der Waals surface area contributed by atoms with Crippen LogP contribution in [0.3, 0.4) is 0 Å². The molecule has 11 heteroatoms. The molecule has 1 aliphatic heterocycles. The van der Waals surface area contributed by atoms with E-state index >= 15 is 0 Å². The first-order chi connectivity index (χ1) is 14.9. The van der Waals surface area contributed by atoms with Gasteiger partial charge in [-0.25, -0.2) is 9.18 Å². The summed E-state index contributed by atoms with van der Waals surface area (Å²) in [6.07, 6.45) is 2.81. The molecule has 0 spiro atoms. The van der Waals surface area contributed by atoms with Gasteiger partial charge in [-0.2, -0.15) is 17.4 Å². The number of rotatable bonds is 8. The van der Waals surface area contributed by atoms with Gasteiger partial charge in [-0.05, 0) is 35.8 Å². The van der Waals surface area contributed by atoms with E-state index in [1.165, 1.54) is 18.0 Å². The monoisotopic (exact) mass is 449 g/mol. The Balaban J connectivity index is 1.78. The number of tetrazole rings is 1. The van der Waals surface area contributed by atoms with Crippen LogP contribution in [0.5, 0.6) is 0 Å². The number of carboxylic acid groups (broad SMARTS) is 1. The van der Waals surface area contributed by atoms with Crippen molar-refractivity contribution in [2.24, 2.45) is 0 Å². The molecule has 1 N–H and O–H groups in total. The fourth-order valence-electron chi connectivity index (χ4n) is 3.48. The highest BCUT2D eigenvalue weighted by atomic mass is 32.1. The van der Waals surface area contributed by atoms with Crippen LogP contribution in [-0.4, -0.2) is 67.6 Å². The summed E-state index contributed by atoms with van der Waals surface area (Å²) in [7, 11) is 1.28. The zero-order chi connectivity index (χ0) is 22.4. The van der Waals surface area contributed by atoms with Crippen molar-refractivity contribution in [3.05, 3.63) is 47.0 Å². The van der Waals surface area contributed by atoms with Gasteiger partial charge in [0.15, 0.2) is 5.82 Å². The summed E-state index contributed by atoms with van der Waals surface area (Å²) >= 11 is 4.63. The van der Waals surface area contributed by atoms with Crippen LogP contribution < -0.4 is 0 Å². The SMILES string of the molecule is COC(=O)C(c1ccccc1F)N1CCC(S)/C(=C\c2nnn(CCCC(=O)O)n2)C1. The summed E-state index contributed by atoms with van der Waals surface area (Å²) in [5.41, 5.74) is 1.12. The standard InChI is InChI=1S/C20H24FN5O4S/c1-30-20(29)19(14-5-2-3-6-15(14)21)25-10-8-16(31)13(12-25)11-17-22-24-26(23-17)9-4-7-18(27)28/h2-3,5-6,11,16,19,31H,4,7-10,12H2,1H3,(H,27,28)/b13-11-. The van der Waals surface area contributed by atoms with Crippen LogP contribution in [-0.2, 0) is 20.9 Å². The maximum atomic E-state index is 14.4. The number of hydrogen-bond donors (Lipinski definition) is 2. The van der Waals surface area contributed by atoms with Crippen molar-refractivity contribution >= 4 is 30.6 Å². The number of methoxy groups -OCH3 is 1. The fourth-order valence-corrected chi connectivity index (χ4v) is 3.75. The first kappa shape index (κ1) is 22.9. The number of likely N-dealkylation sites (tertiary alicyclic amines) is 1. The first-order valence-electron chi connectivity index (χ1n) is 9.83. The van der Waals surface area contributed by atoms with Crippen molar-refractivity contribution in [3.63, 3.8) is 0 Å². The molecule has 0 saturated carbocycles. The number of nitrogens with zero attached hydrogens (tertiary/aromatic N) is 5. The van der Waals surface area contributed by atoms with Crippen molar-refractivity contribution in [1.29, 1.82) is 0 Å². The van der Waals surface area contributed by atoms with E-state index in [2.05, 4.69) is 28.0 Å². The van der Waals surface area contributed by atoms with Crippen LogP contribution in [0.25, 0.3) is 6.08 Å². The predicted octanol–water partition coefficient (Wildman–Crippen LogP) is 1.98. The van der Waals surface area contributed by atoms with Gasteiger partial charge in [0.05, 0.1) is 13.7 Å². The van der Waals surface area contributed by atoms with Crippen LogP contribution in [0, 0.1) is 5.82 Å². The van der Waals surface area contributed by atoms with Crippen molar-refractivity contribution in [1.82, 2.24) is 25.1 Å². The molecule has 1 aromatic heterocycles. The Bertz CT molecular complexity index is 967. The minimum Gasteiger partial charge on any atom is -0.481 e. The van der Waals surface area contributed by atoms with Gasteiger partial charge in [-0.15, -0.1) is 10.2 Å². The van der Waals surface area contributed by atoms with E-state index in [1.54, 1.807) is 24.3 Å². The van der Waals surface area contributed by atoms with E-state index in [0.29, 0.717) is 38.3 Å². The maximum Gasteiger partial charge on any atom is 0.327 e. The highest BCUT2D eigenvalue weighted by Crippen LogP contribution is 2.31. The summed E-state index contributed by atoms with van der Waals surface area (Å²) in [6.45, 7) is 1.24. The average Bonchev–Trinajstić information content (AvgIpc) is 3.18. The van der Waals surface area contributed by atoms with Crippen LogP contribution >= 0.6 is 12.6 Å². The van der Waals surface area contributed by atoms with E-state index < -0.39 is 23.8 Å². The number of aromatic nitrogens is 4. The largest absolute Gasteiger partial charge is 0.481 e. The number of carbonyl (C=O) groups excluding carboxylic acids is 1. The summed E-state index contributed by atoms with van der Waals surface area (Å²) in [5.74, 6) is -1.52. The molecule has 1 fully saturated rings. The lowest BCUT2D eigenvalue weighted by molar-refractivity contribution is -0.147. The predicted molar refractivity (Wildman–Crippen MR) is 113 cm³/mol. The van der Waals surface area contributed by atoms with E-state index in [1.807, 2.05) is 4.90 Å². The number of aliphatic carboxylic acids is 1. The minimum atomic E-state index is -0.880. The molecule has 9 nitrogen and oxygen atoms in total. The van der Waals surface area contributed by atoms with Crippen molar-refractivity contribution < 1.29 is 23.8 Å². The van der Waals surface area contributed by atoms with E-state index in [-0.39, 0.29) is 17.2 Å². The van der Waals surface area contributed by atoms with Crippen molar-refractivity contribution in [2.75, 3.05) is 20.2 Å². The number of ether oxygens (including phenoxy) is 1. The molecule has 0 bridgehead atoms. The fraction of sp³-hybridized carbons (Fsp3) is 0.450. The third-order valence-electron chi connectivity index (χ3n) is 5.02. The molecule has 2 heterocycles. The molecule has 1 aromatic carbocycles. The molecule has 1 saturated heterocycles. The van der Waals surface area contributed by atoms with Gasteiger partial charge in [0.25, 0.3) is 0 Å². The van der Waals surface area contributed by atoms with Crippen LogP contribution in [0.15, 0.2) is 29.8 Å². The van der Waals surface area contributed by atoms with Gasteiger partial charge in [0, 0.05) is 30.3 Å². The molecule has 2 unspecified atom stereocenters. The van der Waals surface area contributed by atoms with Gasteiger partial charge in [-0.1, -0.05) is 18.2 Å². The van der Waals surface area contributed by atoms with Crippen LogP contribution in [0.1, 0.15) is 36.7 Å². The summed E-state index contributed by atoms with van der Waals surface area (Å²) in [5, 5.41) is 20.8. The third kappa shape index (κ3) is 5.88. The van der Waals surface area contributed by atoms with Gasteiger partial charge >= 0.3 is 11.9 Å². The lowest BCUT2D eigenvalue weighted by Crippen LogP contribution is -2.42. The van der Waals surface area contributed by atoms with E-state index in [4.69, 9.17) is 9.84 Å². The number of thiol groups is 1. The topological polar surface area (TPSA) is 110 Å². The lowest BCUT2D eigenvalue weighted by Gasteiger charge is -2.36. The highest BCUT2D eigenvalue weighted by molar-refractivity contribution is 7.81. The zero-order valence-corrected chi connectivity index (χ0v) is 17.9. The Hall–Kier alpha value is -2.79. The van der Waals surface area contributed by atoms with Crippen molar-refractivity contribution in [2.45, 2.75) is 37.1 Å². The number of esters is 1. The molecule has 0 radical (unpaired) electrons. The Labute approximate surface area is 184 Å². The third-order valence-corrected chi connectivity index (χ3v) is 5.61. The van der Waals surface area contributed by atoms with Gasteiger partial charge in [0.2, 0.25) is 0 Å². The Morgan fingerprint density at radius 1 is 1.42 bits per heavy atom. The van der Waals surface area contributed by atoms with E-state index in [0.717, 1.165) is 5.57 Å². The summed E-state index contributed by atoms with van der Waals surface area (Å²) in [6, 6.07) is 5.28. The summed E-state index contributed by atoms with van der Waals surface area (Å²) in [4.78, 5) is 26.3. The second kappa shape index (κ2) is 10.5. The summed E-state index contributed by atoms with van der Waals surface area (Å²) < 4.78 is 19.4. The molecule has 0 aliphatic carbocycles. The number of carboxylic acids is 1. The Morgan fingerprint density at radius 2 is 2.19 bits per heavy atom. The number of aryl methyl sites for hydroxylation is 1. The molecular formula is C20H24FN5O4S. The number of piperidine rings is 1. The minimum absolute atomic E-state index is 0.0244. The first-order valence-corrected chi connectivity index (χ1v) is 10.3. The van der Waals surface area contributed by atoms with Gasteiger partial charge in [0.1, 0.15) is 11.9 Å². The molecule has 2 aromatic rings. The molecule has 31 heavy (non-hydrogen) atoms. The molecule has 0 amide bonds. The van der Waals surface area contributed by atoms with Gasteiger partial charge < -0.3 is 9.84 Å². The maximum absolute atomic E-state index is 14.4. The van der Waals surface area contributed by atoms with E-state index in [9.17, 15) is 14.0 Å². The normalized spacial score (nSPS) is 19.3. The number of carbonyl (C=O) groups is 2. The molecular weight excluding hydrogens is 425 g/mol. The molecule has 1 aliphatic rings. The second-order valence-corrected chi connectivity index (χ2v) is 7.81. The highest BCUT2D eigenvalue weighted by Gasteiger charge is 2.34. The second-order valence-electron chi connectivity index (χ2n) is 7.18.